The van der Waals surface area contributed by atoms with Crippen LogP contribution in [0.2, 0.25) is 0 Å². The van der Waals surface area contributed by atoms with E-state index in [4.69, 9.17) is 10.5 Å². The highest BCUT2D eigenvalue weighted by Gasteiger charge is 2.20. The molecule has 0 aliphatic carbocycles. The van der Waals surface area contributed by atoms with E-state index in [1.54, 1.807) is 6.20 Å². The van der Waals surface area contributed by atoms with Gasteiger partial charge >= 0.3 is 0 Å². The summed E-state index contributed by atoms with van der Waals surface area (Å²) in [6.07, 6.45) is 7.15. The Morgan fingerprint density at radius 1 is 1.14 bits per heavy atom. The monoisotopic (exact) mass is 304 g/mol. The van der Waals surface area contributed by atoms with Gasteiger partial charge in [0, 0.05) is 37.9 Å². The number of nitrogens with two attached hydrogens (primary N) is 1. The Kier molecular flexibility index (Phi) is 5.64. The summed E-state index contributed by atoms with van der Waals surface area (Å²) in [5.74, 6) is 0.659. The lowest BCUT2D eigenvalue weighted by Crippen LogP contribution is -2.37. The normalized spacial score (nSPS) is 21.5. The molecule has 0 spiro atoms. The van der Waals surface area contributed by atoms with Crippen LogP contribution in [-0.2, 0) is 11.3 Å². The molecule has 0 radical (unpaired) electrons. The first kappa shape index (κ1) is 15.7. The maximum absolute atomic E-state index is 6.06. The maximum Gasteiger partial charge on any atom is 0.127 e. The molecule has 0 atom stereocenters. The van der Waals surface area contributed by atoms with E-state index >= 15 is 0 Å². The lowest BCUT2D eigenvalue weighted by atomic mass is 10.1. The van der Waals surface area contributed by atoms with Gasteiger partial charge in [0.1, 0.15) is 5.82 Å². The summed E-state index contributed by atoms with van der Waals surface area (Å²) in [7, 11) is 0. The molecule has 3 rings (SSSR count). The summed E-state index contributed by atoms with van der Waals surface area (Å²) in [4.78, 5) is 9.13. The minimum absolute atomic E-state index is 0.435. The van der Waals surface area contributed by atoms with Crippen molar-refractivity contribution in [2.24, 2.45) is 0 Å². The Hall–Kier alpha value is -1.17. The number of ether oxygens (including phenoxy) is 1. The molecule has 2 saturated heterocycles. The number of piperidine rings is 1. The number of nitrogens with zero attached hydrogens (tertiary/aromatic N) is 3. The first-order valence-electron chi connectivity index (χ1n) is 8.57. The van der Waals surface area contributed by atoms with Crippen LogP contribution in [0.25, 0.3) is 0 Å². The molecule has 1 aromatic rings. The standard InChI is InChI=1S/C17H28N4O/c18-17-15(4-3-7-19-17)14-21-10-5-16(6-11-21)22-13-12-20-8-1-2-9-20/h3-4,7,16H,1-2,5-6,8-14H2,(H2,18,19). The summed E-state index contributed by atoms with van der Waals surface area (Å²) in [6, 6.07) is 4.03. The highest BCUT2D eigenvalue weighted by Crippen LogP contribution is 2.18. The lowest BCUT2D eigenvalue weighted by Gasteiger charge is -2.32. The highest BCUT2D eigenvalue weighted by molar-refractivity contribution is 5.38. The predicted molar refractivity (Wildman–Crippen MR) is 88.6 cm³/mol. The minimum Gasteiger partial charge on any atom is -0.383 e. The molecular formula is C17H28N4O. The first-order valence-corrected chi connectivity index (χ1v) is 8.57. The zero-order valence-electron chi connectivity index (χ0n) is 13.4. The van der Waals surface area contributed by atoms with Crippen molar-refractivity contribution in [3.8, 4) is 0 Å². The van der Waals surface area contributed by atoms with E-state index < -0.39 is 0 Å². The van der Waals surface area contributed by atoms with Crippen molar-refractivity contribution in [2.45, 2.75) is 38.3 Å². The van der Waals surface area contributed by atoms with Crippen LogP contribution in [0.5, 0.6) is 0 Å². The highest BCUT2D eigenvalue weighted by atomic mass is 16.5. The van der Waals surface area contributed by atoms with Gasteiger partial charge < -0.3 is 15.4 Å². The fourth-order valence-corrected chi connectivity index (χ4v) is 3.41. The van der Waals surface area contributed by atoms with Crippen molar-refractivity contribution in [2.75, 3.05) is 45.1 Å². The van der Waals surface area contributed by atoms with E-state index in [0.717, 1.165) is 51.2 Å². The van der Waals surface area contributed by atoms with E-state index in [-0.39, 0.29) is 0 Å². The van der Waals surface area contributed by atoms with Gasteiger partial charge in [0.15, 0.2) is 0 Å². The van der Waals surface area contributed by atoms with E-state index in [2.05, 4.69) is 20.9 Å². The maximum atomic E-state index is 6.06. The molecule has 1 aromatic heterocycles. The van der Waals surface area contributed by atoms with Crippen molar-refractivity contribution in [1.82, 2.24) is 14.8 Å². The zero-order chi connectivity index (χ0) is 15.2. The number of nitrogen functional groups attached to an aromatic ring is 1. The van der Waals surface area contributed by atoms with E-state index in [0.29, 0.717) is 11.9 Å². The van der Waals surface area contributed by atoms with Crippen LogP contribution >= 0.6 is 0 Å². The molecule has 2 fully saturated rings. The Bertz CT molecular complexity index is 454. The van der Waals surface area contributed by atoms with Crippen LogP contribution in [0, 0.1) is 0 Å². The topological polar surface area (TPSA) is 54.6 Å². The molecule has 0 aromatic carbocycles. The molecule has 122 valence electrons. The van der Waals surface area contributed by atoms with Crippen LogP contribution in [0.4, 0.5) is 5.82 Å². The van der Waals surface area contributed by atoms with E-state index in [1.807, 2.05) is 6.07 Å². The molecule has 2 N–H and O–H groups in total. The number of pyridine rings is 1. The molecule has 0 saturated carbocycles. The van der Waals surface area contributed by atoms with E-state index in [1.165, 1.54) is 25.9 Å². The first-order chi connectivity index (χ1) is 10.8. The molecule has 0 unspecified atom stereocenters. The minimum atomic E-state index is 0.435. The van der Waals surface area contributed by atoms with Crippen LogP contribution in [0.3, 0.4) is 0 Å². The van der Waals surface area contributed by atoms with Gasteiger partial charge in [0.25, 0.3) is 0 Å². The number of likely N-dealkylation sites (tertiary alicyclic amines) is 2. The number of anilines is 1. The van der Waals surface area contributed by atoms with Crippen LogP contribution in [0.15, 0.2) is 18.3 Å². The van der Waals surface area contributed by atoms with Crippen molar-refractivity contribution >= 4 is 5.82 Å². The predicted octanol–water partition coefficient (Wildman–Crippen LogP) is 1.74. The third kappa shape index (κ3) is 4.41. The number of hydrogen-bond donors (Lipinski definition) is 1. The second-order valence-corrected chi connectivity index (χ2v) is 6.44. The van der Waals surface area contributed by atoms with Gasteiger partial charge in [-0.2, -0.15) is 0 Å². The van der Waals surface area contributed by atoms with Crippen LogP contribution in [0.1, 0.15) is 31.2 Å². The van der Waals surface area contributed by atoms with Crippen molar-refractivity contribution in [1.29, 1.82) is 0 Å². The average molecular weight is 304 g/mol. The molecule has 5 heteroatoms. The van der Waals surface area contributed by atoms with Gasteiger partial charge in [0.05, 0.1) is 12.7 Å². The van der Waals surface area contributed by atoms with Crippen molar-refractivity contribution in [3.05, 3.63) is 23.9 Å². The molecule has 3 heterocycles. The van der Waals surface area contributed by atoms with Crippen molar-refractivity contribution < 1.29 is 4.74 Å². The van der Waals surface area contributed by atoms with Gasteiger partial charge in [-0.05, 0) is 44.8 Å². The molecule has 0 bridgehead atoms. The zero-order valence-corrected chi connectivity index (χ0v) is 13.4. The fourth-order valence-electron chi connectivity index (χ4n) is 3.41. The SMILES string of the molecule is Nc1ncccc1CN1CCC(OCCN2CCCC2)CC1. The quantitative estimate of drug-likeness (QED) is 0.867. The van der Waals surface area contributed by atoms with Gasteiger partial charge in [0.2, 0.25) is 0 Å². The third-order valence-corrected chi connectivity index (χ3v) is 4.81. The summed E-state index contributed by atoms with van der Waals surface area (Å²) >= 11 is 0. The number of aromatic nitrogens is 1. The molecule has 22 heavy (non-hydrogen) atoms. The molecule has 2 aliphatic rings. The Balaban J connectivity index is 1.34. The fraction of sp³-hybridized carbons (Fsp3) is 0.706. The third-order valence-electron chi connectivity index (χ3n) is 4.81. The molecule has 5 nitrogen and oxygen atoms in total. The smallest absolute Gasteiger partial charge is 0.127 e. The molecular weight excluding hydrogens is 276 g/mol. The Morgan fingerprint density at radius 2 is 1.91 bits per heavy atom. The number of rotatable bonds is 6. The molecule has 0 amide bonds. The van der Waals surface area contributed by atoms with Gasteiger partial charge in [-0.25, -0.2) is 4.98 Å². The van der Waals surface area contributed by atoms with Gasteiger partial charge in [-0.15, -0.1) is 0 Å². The second kappa shape index (κ2) is 7.90. The largest absolute Gasteiger partial charge is 0.383 e. The summed E-state index contributed by atoms with van der Waals surface area (Å²) in [5, 5.41) is 0. The Morgan fingerprint density at radius 3 is 2.64 bits per heavy atom. The summed E-state index contributed by atoms with van der Waals surface area (Å²) < 4.78 is 6.06. The van der Waals surface area contributed by atoms with Crippen LogP contribution in [-0.4, -0.2) is 60.2 Å². The summed E-state index contributed by atoms with van der Waals surface area (Å²) in [6.45, 7) is 7.58. The summed E-state index contributed by atoms with van der Waals surface area (Å²) in [5.41, 5.74) is 7.06. The second-order valence-electron chi connectivity index (χ2n) is 6.44. The average Bonchev–Trinajstić information content (AvgIpc) is 3.05. The van der Waals surface area contributed by atoms with Gasteiger partial charge in [-0.3, -0.25) is 4.90 Å². The lowest BCUT2D eigenvalue weighted by molar-refractivity contribution is -0.00113. The Labute approximate surface area is 133 Å². The molecule has 2 aliphatic heterocycles. The van der Waals surface area contributed by atoms with Gasteiger partial charge in [-0.1, -0.05) is 6.07 Å². The number of hydrogen-bond acceptors (Lipinski definition) is 5. The van der Waals surface area contributed by atoms with E-state index in [9.17, 15) is 0 Å². The van der Waals surface area contributed by atoms with Crippen molar-refractivity contribution in [3.63, 3.8) is 0 Å². The van der Waals surface area contributed by atoms with Crippen LogP contribution < -0.4 is 5.73 Å².